The number of nitrogens with zero attached hydrogens (tertiary/aromatic N) is 5. The fourth-order valence-corrected chi connectivity index (χ4v) is 4.98. The molecular formula is C22H22N8O3S. The van der Waals surface area contributed by atoms with Crippen LogP contribution < -0.4 is 22.1 Å². The van der Waals surface area contributed by atoms with Crippen molar-refractivity contribution in [3.63, 3.8) is 0 Å². The lowest BCUT2D eigenvalue weighted by atomic mass is 10.3. The first-order chi connectivity index (χ1) is 16.4. The molecule has 1 aliphatic heterocycles. The lowest BCUT2D eigenvalue weighted by Gasteiger charge is -2.14. The Balaban J connectivity index is 1.46. The minimum atomic E-state index is -0.506. The number of aromatic nitrogens is 5. The first-order valence-corrected chi connectivity index (χ1v) is 11.9. The third-order valence-corrected chi connectivity index (χ3v) is 7.05. The van der Waals surface area contributed by atoms with Crippen LogP contribution in [0.25, 0.3) is 22.3 Å². The summed E-state index contributed by atoms with van der Waals surface area (Å²) in [5, 5.41) is 15.0. The van der Waals surface area contributed by atoms with Crippen LogP contribution in [0.2, 0.25) is 0 Å². The number of carbonyl (C=O) groups is 1. The van der Waals surface area contributed by atoms with E-state index in [4.69, 9.17) is 15.7 Å². The molecular weight excluding hydrogens is 456 g/mol. The monoisotopic (exact) mass is 478 g/mol. The normalized spacial score (nSPS) is 19.6. The highest BCUT2D eigenvalue weighted by Crippen LogP contribution is 2.28. The molecule has 174 valence electrons. The van der Waals surface area contributed by atoms with E-state index >= 15 is 0 Å². The maximum Gasteiger partial charge on any atom is 0.326 e. The molecule has 5 heterocycles. The molecule has 2 fully saturated rings. The molecule has 1 saturated carbocycles. The van der Waals surface area contributed by atoms with Crippen molar-refractivity contribution in [1.82, 2.24) is 29.5 Å². The van der Waals surface area contributed by atoms with Gasteiger partial charge in [0.25, 0.3) is 5.91 Å². The number of aromatic amines is 2. The van der Waals surface area contributed by atoms with Crippen LogP contribution in [0.3, 0.4) is 0 Å². The Bertz CT molecular complexity index is 1590. The lowest BCUT2D eigenvalue weighted by Crippen LogP contribution is -2.31. The van der Waals surface area contributed by atoms with E-state index in [1.54, 1.807) is 21.7 Å². The van der Waals surface area contributed by atoms with Crippen molar-refractivity contribution in [2.75, 3.05) is 13.1 Å². The van der Waals surface area contributed by atoms with E-state index in [-0.39, 0.29) is 29.6 Å². The molecule has 0 bridgehead atoms. The standard InChI is InChI=1S/C22H22N8O3S/c23-12-5-6-29(10-12)21(32)17-4-3-16(34-17)14-8-18(25-13-1-2-13)30-19(26-14)11(9-24-30)7-15-20(31)28-22(33)27-15/h3-4,7-9,12-13,31H,1-2,5-6,10,23H2,(H2,27,28,33)/b11-7-,25-18?/t12-/m1/s1. The van der Waals surface area contributed by atoms with Crippen molar-refractivity contribution >= 4 is 29.0 Å². The van der Waals surface area contributed by atoms with E-state index in [1.165, 1.54) is 11.3 Å². The summed E-state index contributed by atoms with van der Waals surface area (Å²) in [5.41, 5.74) is 7.57. The maximum atomic E-state index is 12.9. The van der Waals surface area contributed by atoms with Gasteiger partial charge in [0.15, 0.2) is 11.1 Å². The van der Waals surface area contributed by atoms with Gasteiger partial charge < -0.3 is 20.7 Å². The highest BCUT2D eigenvalue weighted by atomic mass is 32.1. The predicted molar refractivity (Wildman–Crippen MR) is 125 cm³/mol. The zero-order valence-electron chi connectivity index (χ0n) is 18.1. The molecule has 1 atom stereocenters. The van der Waals surface area contributed by atoms with Crippen molar-refractivity contribution in [2.45, 2.75) is 31.3 Å². The molecule has 0 unspecified atom stereocenters. The Labute approximate surface area is 196 Å². The van der Waals surface area contributed by atoms with Gasteiger partial charge in [-0.25, -0.2) is 9.78 Å². The van der Waals surface area contributed by atoms with Crippen LogP contribution in [0.1, 0.15) is 34.6 Å². The smallest absolute Gasteiger partial charge is 0.326 e. The highest BCUT2D eigenvalue weighted by Gasteiger charge is 2.26. The van der Waals surface area contributed by atoms with Crippen molar-refractivity contribution in [1.29, 1.82) is 0 Å². The number of amides is 1. The van der Waals surface area contributed by atoms with Crippen LogP contribution >= 0.6 is 11.3 Å². The van der Waals surface area contributed by atoms with Crippen molar-refractivity contribution in [2.24, 2.45) is 10.7 Å². The minimum Gasteiger partial charge on any atom is -0.493 e. The number of H-pyrrole nitrogens is 2. The number of likely N-dealkylation sites (tertiary alicyclic amines) is 1. The number of rotatable bonds is 4. The fourth-order valence-electron chi connectivity index (χ4n) is 4.04. The predicted octanol–water partition coefficient (Wildman–Crippen LogP) is -0.0362. The Morgan fingerprint density at radius 1 is 1.29 bits per heavy atom. The van der Waals surface area contributed by atoms with Gasteiger partial charge in [-0.3, -0.25) is 14.8 Å². The van der Waals surface area contributed by atoms with Crippen LogP contribution in [0.15, 0.2) is 34.2 Å². The summed E-state index contributed by atoms with van der Waals surface area (Å²) < 4.78 is 1.65. The number of aromatic hydroxyl groups is 1. The second-order valence-corrected chi connectivity index (χ2v) is 9.73. The van der Waals surface area contributed by atoms with Gasteiger partial charge >= 0.3 is 5.69 Å². The summed E-state index contributed by atoms with van der Waals surface area (Å²) in [5.74, 6) is -0.273. The summed E-state index contributed by atoms with van der Waals surface area (Å²) in [6.07, 6.45) is 6.10. The number of nitrogens with one attached hydrogen (secondary N) is 2. The van der Waals surface area contributed by atoms with E-state index in [2.05, 4.69) is 15.1 Å². The Hall–Kier alpha value is -3.77. The van der Waals surface area contributed by atoms with Gasteiger partial charge in [-0.2, -0.15) is 9.61 Å². The molecule has 5 N–H and O–H groups in total. The third kappa shape index (κ3) is 3.80. The van der Waals surface area contributed by atoms with Crippen LogP contribution in [0.5, 0.6) is 5.88 Å². The Morgan fingerprint density at radius 2 is 2.15 bits per heavy atom. The number of thiophene rings is 1. The average molecular weight is 479 g/mol. The molecule has 0 aromatic carbocycles. The van der Waals surface area contributed by atoms with Gasteiger partial charge in [-0.1, -0.05) is 0 Å². The number of nitrogens with two attached hydrogens (primary N) is 1. The van der Waals surface area contributed by atoms with Crippen LogP contribution in [-0.4, -0.2) is 65.7 Å². The molecule has 2 aliphatic rings. The second-order valence-electron chi connectivity index (χ2n) is 8.64. The Morgan fingerprint density at radius 3 is 2.85 bits per heavy atom. The van der Waals surface area contributed by atoms with Gasteiger partial charge in [0.2, 0.25) is 5.88 Å². The topological polar surface area (TPSA) is 158 Å². The molecule has 0 radical (unpaired) electrons. The molecule has 34 heavy (non-hydrogen) atoms. The number of imidazole rings is 1. The number of hydrogen-bond acceptors (Lipinski definition) is 8. The molecule has 6 rings (SSSR count). The van der Waals surface area contributed by atoms with E-state index in [0.717, 1.165) is 24.1 Å². The van der Waals surface area contributed by atoms with Crippen LogP contribution in [0, 0.1) is 0 Å². The number of fused-ring (bicyclic) bond motifs is 1. The van der Waals surface area contributed by atoms with Crippen LogP contribution in [0.4, 0.5) is 0 Å². The number of carbonyl (C=O) groups excluding carboxylic acids is 1. The first kappa shape index (κ1) is 20.8. The molecule has 1 amide bonds. The molecule has 11 nitrogen and oxygen atoms in total. The molecule has 12 heteroatoms. The van der Waals surface area contributed by atoms with Crippen LogP contribution in [-0.2, 0) is 0 Å². The van der Waals surface area contributed by atoms with Gasteiger partial charge in [-0.05, 0) is 37.5 Å². The number of hydrogen-bond donors (Lipinski definition) is 4. The SMILES string of the molecule is N[C@@H]1CCN(C(=O)c2ccc(-c3cc(=NC4CC4)n4nc/c(=C/c5[nH]c(=O)[nH]c5O)c4n3)s2)C1. The minimum absolute atomic E-state index is 0.0153. The summed E-state index contributed by atoms with van der Waals surface area (Å²) in [4.78, 5) is 42.1. The fraction of sp³-hybridized carbons (Fsp3) is 0.318. The second kappa shape index (κ2) is 7.92. The van der Waals surface area contributed by atoms with Crippen molar-refractivity contribution in [3.8, 4) is 16.5 Å². The largest absolute Gasteiger partial charge is 0.493 e. The van der Waals surface area contributed by atoms with Crippen molar-refractivity contribution in [3.05, 3.63) is 56.2 Å². The summed E-state index contributed by atoms with van der Waals surface area (Å²) >= 11 is 1.38. The van der Waals surface area contributed by atoms with Gasteiger partial charge in [0, 0.05) is 30.4 Å². The third-order valence-electron chi connectivity index (χ3n) is 5.96. The summed E-state index contributed by atoms with van der Waals surface area (Å²) in [6.45, 7) is 1.24. The zero-order chi connectivity index (χ0) is 23.4. The molecule has 0 spiro atoms. The molecule has 4 aromatic rings. The average Bonchev–Trinajstić information content (AvgIpc) is 3.18. The first-order valence-electron chi connectivity index (χ1n) is 11.1. The van der Waals surface area contributed by atoms with Gasteiger partial charge in [0.1, 0.15) is 5.69 Å². The van der Waals surface area contributed by atoms with E-state index < -0.39 is 5.69 Å². The zero-order valence-corrected chi connectivity index (χ0v) is 18.9. The van der Waals surface area contributed by atoms with E-state index in [0.29, 0.717) is 40.0 Å². The highest BCUT2D eigenvalue weighted by molar-refractivity contribution is 7.17. The molecule has 4 aromatic heterocycles. The molecule has 1 aliphatic carbocycles. The quantitative estimate of drug-likeness (QED) is 0.322. The molecule has 1 saturated heterocycles. The Kier molecular flexibility index (Phi) is 4.85. The summed E-state index contributed by atoms with van der Waals surface area (Å²) in [6, 6.07) is 5.89. The van der Waals surface area contributed by atoms with Crippen molar-refractivity contribution < 1.29 is 9.90 Å². The van der Waals surface area contributed by atoms with Gasteiger partial charge in [0.05, 0.1) is 27.7 Å². The maximum absolute atomic E-state index is 12.9. The summed E-state index contributed by atoms with van der Waals surface area (Å²) in [7, 11) is 0. The lowest BCUT2D eigenvalue weighted by molar-refractivity contribution is 0.0795. The van der Waals surface area contributed by atoms with E-state index in [9.17, 15) is 14.7 Å². The van der Waals surface area contributed by atoms with Gasteiger partial charge in [-0.15, -0.1) is 11.3 Å². The van der Waals surface area contributed by atoms with E-state index in [1.807, 2.05) is 18.2 Å².